The number of fused-ring (bicyclic) bond motifs is 1. The Hall–Kier alpha value is -2.74. The zero-order valence-corrected chi connectivity index (χ0v) is 14.9. The third kappa shape index (κ3) is 3.39. The normalized spacial score (nSPS) is 11.6. The minimum absolute atomic E-state index is 0.0461. The van der Waals surface area contributed by atoms with Gasteiger partial charge in [-0.2, -0.15) is 13.4 Å². The van der Waals surface area contributed by atoms with Gasteiger partial charge < -0.3 is 8.75 Å². The van der Waals surface area contributed by atoms with Gasteiger partial charge in [0.15, 0.2) is 16.9 Å². The number of aromatic nitrogens is 3. The number of rotatable bonds is 4. The lowest BCUT2D eigenvalue weighted by Gasteiger charge is -2.13. The van der Waals surface area contributed by atoms with Gasteiger partial charge in [0.2, 0.25) is 5.88 Å². The Kier molecular flexibility index (Phi) is 4.30. The van der Waals surface area contributed by atoms with E-state index >= 15 is 0 Å². The third-order valence-corrected chi connectivity index (χ3v) is 4.23. The molecule has 0 atom stereocenters. The predicted molar refractivity (Wildman–Crippen MR) is 95.1 cm³/mol. The summed E-state index contributed by atoms with van der Waals surface area (Å²) in [5, 5.41) is 0.0461. The van der Waals surface area contributed by atoms with Gasteiger partial charge in [-0.3, -0.25) is 4.79 Å². The van der Waals surface area contributed by atoms with E-state index < -0.39 is 10.1 Å². The first-order valence-electron chi connectivity index (χ1n) is 7.65. The van der Waals surface area contributed by atoms with Crippen LogP contribution in [-0.2, 0) is 23.6 Å². The molecule has 2 aromatic heterocycles. The van der Waals surface area contributed by atoms with Gasteiger partial charge in [-0.25, -0.2) is 4.98 Å². The number of pyridine rings is 1. The van der Waals surface area contributed by atoms with Crippen LogP contribution in [0.15, 0.2) is 41.2 Å². The van der Waals surface area contributed by atoms with Crippen molar-refractivity contribution in [3.8, 4) is 17.3 Å². The SMILES string of the molecule is CCc1cc(=O)c2c(OS(C)(=O)=O)nc(-c3ccccc3)nc2n1C. The van der Waals surface area contributed by atoms with Crippen LogP contribution in [0.2, 0.25) is 0 Å². The fourth-order valence-electron chi connectivity index (χ4n) is 2.60. The third-order valence-electron chi connectivity index (χ3n) is 3.77. The highest BCUT2D eigenvalue weighted by Gasteiger charge is 2.19. The Morgan fingerprint density at radius 3 is 2.44 bits per heavy atom. The molecule has 0 saturated carbocycles. The average Bonchev–Trinajstić information content (AvgIpc) is 2.56. The van der Waals surface area contributed by atoms with E-state index in [0.29, 0.717) is 17.6 Å². The topological polar surface area (TPSA) is 91.2 Å². The fraction of sp³-hybridized carbons (Fsp3) is 0.235. The largest absolute Gasteiger partial charge is 0.361 e. The van der Waals surface area contributed by atoms with Crippen LogP contribution in [0.3, 0.4) is 0 Å². The molecule has 2 heterocycles. The molecular weight excluding hydrogens is 342 g/mol. The smallest absolute Gasteiger partial charge is 0.307 e. The Morgan fingerprint density at radius 2 is 1.84 bits per heavy atom. The van der Waals surface area contributed by atoms with Gasteiger partial charge in [0, 0.05) is 24.4 Å². The van der Waals surface area contributed by atoms with Crippen molar-refractivity contribution >= 4 is 21.2 Å². The lowest BCUT2D eigenvalue weighted by atomic mass is 10.2. The van der Waals surface area contributed by atoms with Gasteiger partial charge in [-0.1, -0.05) is 37.3 Å². The molecule has 0 bridgehead atoms. The second-order valence-corrected chi connectivity index (χ2v) is 7.19. The molecule has 0 spiro atoms. The van der Waals surface area contributed by atoms with Gasteiger partial charge in [-0.15, -0.1) is 0 Å². The van der Waals surface area contributed by atoms with Crippen LogP contribution >= 0.6 is 0 Å². The Bertz CT molecular complexity index is 1110. The maximum Gasteiger partial charge on any atom is 0.307 e. The Morgan fingerprint density at radius 1 is 1.16 bits per heavy atom. The van der Waals surface area contributed by atoms with Crippen LogP contribution < -0.4 is 9.61 Å². The average molecular weight is 359 g/mol. The van der Waals surface area contributed by atoms with Crippen molar-refractivity contribution in [1.29, 1.82) is 0 Å². The number of hydrogen-bond donors (Lipinski definition) is 0. The summed E-state index contributed by atoms with van der Waals surface area (Å²) in [6, 6.07) is 10.5. The lowest BCUT2D eigenvalue weighted by molar-refractivity contribution is 0.485. The molecule has 130 valence electrons. The van der Waals surface area contributed by atoms with Crippen molar-refractivity contribution in [3.05, 3.63) is 52.3 Å². The zero-order valence-electron chi connectivity index (χ0n) is 14.1. The summed E-state index contributed by atoms with van der Waals surface area (Å²) >= 11 is 0. The highest BCUT2D eigenvalue weighted by Crippen LogP contribution is 2.25. The molecule has 0 radical (unpaired) electrons. The summed E-state index contributed by atoms with van der Waals surface area (Å²) in [6.07, 6.45) is 1.54. The standard InChI is InChI=1S/C17H17N3O4S/c1-4-12-10-13(21)14-16(20(12)2)18-15(11-8-6-5-7-9-11)19-17(14)24-25(3,22)23/h5-10H,4H2,1-3H3. The number of benzene rings is 1. The molecule has 0 unspecified atom stereocenters. The van der Waals surface area contributed by atoms with Crippen molar-refractivity contribution < 1.29 is 12.6 Å². The molecule has 0 amide bonds. The lowest BCUT2D eigenvalue weighted by Crippen LogP contribution is -2.17. The Balaban J connectivity index is 2.42. The summed E-state index contributed by atoms with van der Waals surface area (Å²) in [4.78, 5) is 21.2. The molecule has 1 aromatic carbocycles. The van der Waals surface area contributed by atoms with Crippen molar-refractivity contribution in [2.45, 2.75) is 13.3 Å². The highest BCUT2D eigenvalue weighted by molar-refractivity contribution is 7.86. The van der Waals surface area contributed by atoms with E-state index in [9.17, 15) is 13.2 Å². The van der Waals surface area contributed by atoms with Crippen molar-refractivity contribution in [3.63, 3.8) is 0 Å². The monoisotopic (exact) mass is 359 g/mol. The molecule has 0 saturated heterocycles. The van der Waals surface area contributed by atoms with E-state index in [1.54, 1.807) is 23.7 Å². The molecule has 3 aromatic rings. The number of aryl methyl sites for hydroxylation is 2. The molecule has 25 heavy (non-hydrogen) atoms. The van der Waals surface area contributed by atoms with E-state index in [1.807, 2.05) is 25.1 Å². The van der Waals surface area contributed by atoms with Crippen LogP contribution in [0.1, 0.15) is 12.6 Å². The van der Waals surface area contributed by atoms with Crippen LogP contribution in [0.5, 0.6) is 5.88 Å². The molecule has 8 heteroatoms. The first-order valence-corrected chi connectivity index (χ1v) is 9.47. The van der Waals surface area contributed by atoms with Gasteiger partial charge >= 0.3 is 10.1 Å². The first-order chi connectivity index (χ1) is 11.8. The fourth-order valence-corrected chi connectivity index (χ4v) is 3.01. The maximum absolute atomic E-state index is 12.5. The second-order valence-electron chi connectivity index (χ2n) is 5.62. The number of nitrogens with zero attached hydrogens (tertiary/aromatic N) is 3. The van der Waals surface area contributed by atoms with Gasteiger partial charge in [-0.05, 0) is 6.42 Å². The maximum atomic E-state index is 12.5. The molecule has 0 aliphatic carbocycles. The molecule has 3 rings (SSSR count). The summed E-state index contributed by atoms with van der Waals surface area (Å²) in [7, 11) is -2.08. The van der Waals surface area contributed by atoms with E-state index in [2.05, 4.69) is 9.97 Å². The van der Waals surface area contributed by atoms with Crippen molar-refractivity contribution in [2.24, 2.45) is 7.05 Å². The highest BCUT2D eigenvalue weighted by atomic mass is 32.2. The minimum atomic E-state index is -3.85. The van der Waals surface area contributed by atoms with Crippen molar-refractivity contribution in [1.82, 2.24) is 14.5 Å². The summed E-state index contributed by atoms with van der Waals surface area (Å²) in [6.45, 7) is 1.92. The molecule has 0 aliphatic heterocycles. The number of hydrogen-bond acceptors (Lipinski definition) is 6. The molecule has 7 nitrogen and oxygen atoms in total. The summed E-state index contributed by atoms with van der Waals surface area (Å²) in [5.41, 5.74) is 1.43. The molecule has 0 fully saturated rings. The Labute approximate surface area is 145 Å². The summed E-state index contributed by atoms with van der Waals surface area (Å²) in [5.74, 6) is 0.0320. The predicted octanol–water partition coefficient (Wildman–Crippen LogP) is 1.90. The van der Waals surface area contributed by atoms with E-state index in [4.69, 9.17) is 4.18 Å². The quantitative estimate of drug-likeness (QED) is 0.661. The van der Waals surface area contributed by atoms with Crippen LogP contribution in [0.25, 0.3) is 22.4 Å². The van der Waals surface area contributed by atoms with Gasteiger partial charge in [0.1, 0.15) is 5.39 Å². The van der Waals surface area contributed by atoms with Gasteiger partial charge in [0.05, 0.1) is 6.26 Å². The first kappa shape index (κ1) is 17.1. The van der Waals surface area contributed by atoms with E-state index in [-0.39, 0.29) is 22.5 Å². The summed E-state index contributed by atoms with van der Waals surface area (Å²) < 4.78 is 30.0. The second kappa shape index (κ2) is 6.29. The van der Waals surface area contributed by atoms with E-state index in [1.165, 1.54) is 6.07 Å². The minimum Gasteiger partial charge on any atom is -0.361 e. The molecule has 0 N–H and O–H groups in total. The molecular formula is C17H17N3O4S. The van der Waals surface area contributed by atoms with E-state index in [0.717, 1.165) is 11.9 Å². The zero-order chi connectivity index (χ0) is 18.2. The van der Waals surface area contributed by atoms with Crippen molar-refractivity contribution in [2.75, 3.05) is 6.26 Å². The van der Waals surface area contributed by atoms with Crippen LogP contribution in [-0.4, -0.2) is 29.2 Å². The molecule has 0 aliphatic rings. The van der Waals surface area contributed by atoms with Crippen LogP contribution in [0.4, 0.5) is 0 Å². The van der Waals surface area contributed by atoms with Gasteiger partial charge in [0.25, 0.3) is 0 Å². The van der Waals surface area contributed by atoms with Crippen LogP contribution in [0, 0.1) is 0 Å².